The SMILES string of the molecule is Cc1nc(Cl)n2ccc(CCN)cc12. The lowest BCUT2D eigenvalue weighted by Crippen LogP contribution is -2.02. The molecule has 0 aromatic carbocycles. The van der Waals surface area contributed by atoms with E-state index in [0.29, 0.717) is 11.8 Å². The summed E-state index contributed by atoms with van der Waals surface area (Å²) >= 11 is 5.93. The Labute approximate surface area is 87.5 Å². The minimum Gasteiger partial charge on any atom is -0.330 e. The first kappa shape index (κ1) is 9.49. The maximum absolute atomic E-state index is 5.93. The number of aromatic nitrogens is 2. The van der Waals surface area contributed by atoms with Crippen molar-refractivity contribution in [1.29, 1.82) is 0 Å². The van der Waals surface area contributed by atoms with Crippen molar-refractivity contribution in [1.82, 2.24) is 9.38 Å². The summed E-state index contributed by atoms with van der Waals surface area (Å²) in [5.41, 5.74) is 8.73. The van der Waals surface area contributed by atoms with Gasteiger partial charge in [0, 0.05) is 6.20 Å². The van der Waals surface area contributed by atoms with Crippen LogP contribution in [0.3, 0.4) is 0 Å². The summed E-state index contributed by atoms with van der Waals surface area (Å²) in [6.07, 6.45) is 2.82. The van der Waals surface area contributed by atoms with Gasteiger partial charge in [-0.2, -0.15) is 0 Å². The molecule has 0 aliphatic rings. The van der Waals surface area contributed by atoms with Crippen LogP contribution in [0.1, 0.15) is 11.3 Å². The zero-order valence-electron chi connectivity index (χ0n) is 8.00. The third kappa shape index (κ3) is 1.49. The lowest BCUT2D eigenvalue weighted by molar-refractivity contribution is 0.963. The van der Waals surface area contributed by atoms with Gasteiger partial charge in [-0.05, 0) is 49.2 Å². The van der Waals surface area contributed by atoms with Crippen molar-refractivity contribution in [3.05, 3.63) is 34.9 Å². The summed E-state index contributed by atoms with van der Waals surface area (Å²) in [5.74, 6) is 0. The molecule has 2 heterocycles. The second-order valence-corrected chi connectivity index (χ2v) is 3.63. The smallest absolute Gasteiger partial charge is 0.207 e. The maximum atomic E-state index is 5.93. The second kappa shape index (κ2) is 3.59. The molecule has 4 heteroatoms. The van der Waals surface area contributed by atoms with E-state index in [-0.39, 0.29) is 0 Å². The van der Waals surface area contributed by atoms with E-state index in [4.69, 9.17) is 17.3 Å². The molecule has 2 rings (SSSR count). The summed E-state index contributed by atoms with van der Waals surface area (Å²) in [6, 6.07) is 4.11. The van der Waals surface area contributed by atoms with Gasteiger partial charge in [0.05, 0.1) is 11.2 Å². The Bertz CT molecular complexity index is 462. The minimum absolute atomic E-state index is 0.511. The number of imidazole rings is 1. The monoisotopic (exact) mass is 209 g/mol. The average Bonchev–Trinajstić information content (AvgIpc) is 2.43. The first-order chi connectivity index (χ1) is 6.72. The number of nitrogens with two attached hydrogens (primary N) is 1. The summed E-state index contributed by atoms with van der Waals surface area (Å²) in [7, 11) is 0. The molecule has 0 fully saturated rings. The van der Waals surface area contributed by atoms with Crippen LogP contribution < -0.4 is 5.73 Å². The van der Waals surface area contributed by atoms with Crippen LogP contribution in [0, 0.1) is 6.92 Å². The van der Waals surface area contributed by atoms with Gasteiger partial charge in [-0.25, -0.2) is 4.98 Å². The van der Waals surface area contributed by atoms with Crippen LogP contribution in [0.5, 0.6) is 0 Å². The van der Waals surface area contributed by atoms with E-state index >= 15 is 0 Å². The van der Waals surface area contributed by atoms with Crippen LogP contribution in [0.2, 0.25) is 5.28 Å². The van der Waals surface area contributed by atoms with Crippen LogP contribution in [-0.4, -0.2) is 15.9 Å². The molecule has 0 saturated carbocycles. The highest BCUT2D eigenvalue weighted by Gasteiger charge is 2.05. The number of hydrogen-bond donors (Lipinski definition) is 1. The molecule has 2 N–H and O–H groups in total. The third-order valence-electron chi connectivity index (χ3n) is 2.28. The molecule has 14 heavy (non-hydrogen) atoms. The molecule has 0 unspecified atom stereocenters. The van der Waals surface area contributed by atoms with Gasteiger partial charge in [-0.3, -0.25) is 4.40 Å². The van der Waals surface area contributed by atoms with E-state index in [1.807, 2.05) is 23.6 Å². The van der Waals surface area contributed by atoms with Crippen LogP contribution in [-0.2, 0) is 6.42 Å². The van der Waals surface area contributed by atoms with Gasteiger partial charge in [-0.1, -0.05) is 0 Å². The summed E-state index contributed by atoms with van der Waals surface area (Å²) in [4.78, 5) is 4.19. The van der Waals surface area contributed by atoms with Gasteiger partial charge in [0.1, 0.15) is 0 Å². The van der Waals surface area contributed by atoms with E-state index in [1.165, 1.54) is 5.56 Å². The fraction of sp³-hybridized carbons (Fsp3) is 0.300. The van der Waals surface area contributed by atoms with Crippen molar-refractivity contribution in [3.63, 3.8) is 0 Å². The zero-order valence-corrected chi connectivity index (χ0v) is 8.75. The fourth-order valence-corrected chi connectivity index (χ4v) is 1.83. The van der Waals surface area contributed by atoms with Crippen LogP contribution in [0.15, 0.2) is 18.3 Å². The van der Waals surface area contributed by atoms with Crippen molar-refractivity contribution in [3.8, 4) is 0 Å². The molecule has 0 atom stereocenters. The Morgan fingerprint density at radius 1 is 1.57 bits per heavy atom. The number of halogens is 1. The number of rotatable bonds is 2. The predicted molar refractivity (Wildman–Crippen MR) is 57.7 cm³/mol. The minimum atomic E-state index is 0.511. The third-order valence-corrected chi connectivity index (χ3v) is 2.55. The van der Waals surface area contributed by atoms with Gasteiger partial charge in [-0.15, -0.1) is 0 Å². The standard InChI is InChI=1S/C10H12ClN3/c1-7-9-6-8(2-4-12)3-5-14(9)10(11)13-7/h3,5-6H,2,4,12H2,1H3. The second-order valence-electron chi connectivity index (χ2n) is 3.30. The number of aryl methyl sites for hydroxylation is 1. The predicted octanol–water partition coefficient (Wildman–Crippen LogP) is 1.80. The quantitative estimate of drug-likeness (QED) is 0.820. The van der Waals surface area contributed by atoms with E-state index in [9.17, 15) is 0 Å². The molecular weight excluding hydrogens is 198 g/mol. The molecule has 0 saturated heterocycles. The van der Waals surface area contributed by atoms with E-state index in [0.717, 1.165) is 17.6 Å². The largest absolute Gasteiger partial charge is 0.330 e. The number of pyridine rings is 1. The van der Waals surface area contributed by atoms with Gasteiger partial charge in [0.25, 0.3) is 0 Å². The molecule has 0 aliphatic heterocycles. The zero-order chi connectivity index (χ0) is 10.1. The molecule has 3 nitrogen and oxygen atoms in total. The molecule has 0 amide bonds. The Balaban J connectivity index is 2.59. The highest BCUT2D eigenvalue weighted by atomic mass is 35.5. The number of hydrogen-bond acceptors (Lipinski definition) is 2. The van der Waals surface area contributed by atoms with Crippen molar-refractivity contribution >= 4 is 17.1 Å². The molecular formula is C10H12ClN3. The average molecular weight is 210 g/mol. The summed E-state index contributed by atoms with van der Waals surface area (Å²) in [5, 5.41) is 0.511. The maximum Gasteiger partial charge on any atom is 0.207 e. The molecule has 74 valence electrons. The first-order valence-electron chi connectivity index (χ1n) is 4.55. The number of fused-ring (bicyclic) bond motifs is 1. The Morgan fingerprint density at radius 3 is 3.07 bits per heavy atom. The number of nitrogens with zero attached hydrogens (tertiary/aromatic N) is 2. The van der Waals surface area contributed by atoms with E-state index < -0.39 is 0 Å². The fourth-order valence-electron chi connectivity index (χ4n) is 1.56. The van der Waals surface area contributed by atoms with Crippen LogP contribution in [0.25, 0.3) is 5.52 Å². The highest BCUT2D eigenvalue weighted by Crippen LogP contribution is 2.17. The van der Waals surface area contributed by atoms with Crippen molar-refractivity contribution in [2.45, 2.75) is 13.3 Å². The topological polar surface area (TPSA) is 43.3 Å². The van der Waals surface area contributed by atoms with E-state index in [2.05, 4.69) is 11.1 Å². The van der Waals surface area contributed by atoms with Crippen molar-refractivity contribution in [2.24, 2.45) is 5.73 Å². The Hall–Kier alpha value is -1.06. The van der Waals surface area contributed by atoms with Crippen LogP contribution in [0.4, 0.5) is 0 Å². The van der Waals surface area contributed by atoms with Gasteiger partial charge in [0.15, 0.2) is 0 Å². The molecule has 0 bridgehead atoms. The van der Waals surface area contributed by atoms with Crippen molar-refractivity contribution < 1.29 is 0 Å². The normalized spacial score (nSPS) is 11.1. The molecule has 2 aromatic heterocycles. The molecule has 0 aliphatic carbocycles. The van der Waals surface area contributed by atoms with Crippen molar-refractivity contribution in [2.75, 3.05) is 6.54 Å². The van der Waals surface area contributed by atoms with Gasteiger partial charge < -0.3 is 5.73 Å². The lowest BCUT2D eigenvalue weighted by Gasteiger charge is -2.00. The molecule has 0 spiro atoms. The molecule has 2 aromatic rings. The Morgan fingerprint density at radius 2 is 2.36 bits per heavy atom. The van der Waals surface area contributed by atoms with E-state index in [1.54, 1.807) is 0 Å². The van der Waals surface area contributed by atoms with Crippen LogP contribution >= 0.6 is 11.6 Å². The first-order valence-corrected chi connectivity index (χ1v) is 4.93. The highest BCUT2D eigenvalue weighted by molar-refractivity contribution is 6.28. The molecule has 0 radical (unpaired) electrons. The van der Waals surface area contributed by atoms with Gasteiger partial charge >= 0.3 is 0 Å². The Kier molecular flexibility index (Phi) is 2.44. The lowest BCUT2D eigenvalue weighted by atomic mass is 10.2. The summed E-state index contributed by atoms with van der Waals surface area (Å²) in [6.45, 7) is 2.62. The summed E-state index contributed by atoms with van der Waals surface area (Å²) < 4.78 is 1.87. The van der Waals surface area contributed by atoms with Gasteiger partial charge in [0.2, 0.25) is 5.28 Å².